The molecule has 0 aromatic carbocycles. The highest BCUT2D eigenvalue weighted by Gasteiger charge is 2.20. The molecule has 3 rings (SSSR count). The van der Waals surface area contributed by atoms with E-state index in [0.717, 1.165) is 38.3 Å². The molecule has 106 valence electrons. The standard InChI is InChI=1S/C13H17FN6/c14-13-17-4-3-11(19-13)18-10-2-1-7-20(8-10)9-12-15-5-6-16-12/h3-6,10H,1-2,7-9H2,(H,15,16)(H,17,18,19)/t10-/m0/s1. The van der Waals surface area contributed by atoms with Crippen molar-refractivity contribution in [1.29, 1.82) is 0 Å². The van der Waals surface area contributed by atoms with Gasteiger partial charge in [0.15, 0.2) is 0 Å². The minimum absolute atomic E-state index is 0.271. The molecule has 2 N–H and O–H groups in total. The number of imidazole rings is 1. The zero-order valence-corrected chi connectivity index (χ0v) is 11.1. The van der Waals surface area contributed by atoms with Crippen molar-refractivity contribution < 1.29 is 4.39 Å². The maximum atomic E-state index is 13.0. The van der Waals surface area contributed by atoms with Crippen molar-refractivity contribution in [1.82, 2.24) is 24.8 Å². The van der Waals surface area contributed by atoms with E-state index in [1.165, 1.54) is 6.20 Å². The van der Waals surface area contributed by atoms with Crippen LogP contribution in [0, 0.1) is 6.08 Å². The first kappa shape index (κ1) is 13.0. The number of halogens is 1. The topological polar surface area (TPSA) is 69.7 Å². The third-order valence-corrected chi connectivity index (χ3v) is 3.41. The molecule has 0 unspecified atom stereocenters. The van der Waals surface area contributed by atoms with Crippen molar-refractivity contribution >= 4 is 5.82 Å². The van der Waals surface area contributed by atoms with Crippen molar-refractivity contribution in [3.05, 3.63) is 36.6 Å². The number of aromatic nitrogens is 4. The van der Waals surface area contributed by atoms with Gasteiger partial charge in [-0.25, -0.2) is 9.97 Å². The van der Waals surface area contributed by atoms with Gasteiger partial charge in [0.1, 0.15) is 11.6 Å². The van der Waals surface area contributed by atoms with Crippen LogP contribution in [0.1, 0.15) is 18.7 Å². The molecule has 1 aliphatic heterocycles. The lowest BCUT2D eigenvalue weighted by atomic mass is 10.1. The van der Waals surface area contributed by atoms with E-state index in [2.05, 4.69) is 30.2 Å². The molecular weight excluding hydrogens is 259 g/mol. The highest BCUT2D eigenvalue weighted by atomic mass is 19.1. The average molecular weight is 276 g/mol. The molecule has 1 fully saturated rings. The Labute approximate surface area is 116 Å². The third kappa shape index (κ3) is 3.30. The molecule has 0 saturated carbocycles. The summed E-state index contributed by atoms with van der Waals surface area (Å²) in [6.07, 6.45) is 6.48. The van der Waals surface area contributed by atoms with Crippen LogP contribution in [0.2, 0.25) is 0 Å². The zero-order chi connectivity index (χ0) is 13.8. The van der Waals surface area contributed by atoms with Gasteiger partial charge in [-0.3, -0.25) is 4.90 Å². The molecule has 1 saturated heterocycles. The Kier molecular flexibility index (Phi) is 3.87. The lowest BCUT2D eigenvalue weighted by Crippen LogP contribution is -2.41. The van der Waals surface area contributed by atoms with Crippen LogP contribution in [0.3, 0.4) is 0 Å². The normalized spacial score (nSPS) is 19.9. The van der Waals surface area contributed by atoms with Crippen LogP contribution < -0.4 is 5.32 Å². The smallest absolute Gasteiger partial charge is 0.310 e. The molecule has 2 aromatic heterocycles. The largest absolute Gasteiger partial charge is 0.366 e. The second-order valence-electron chi connectivity index (χ2n) is 4.97. The maximum absolute atomic E-state index is 13.0. The minimum Gasteiger partial charge on any atom is -0.366 e. The fourth-order valence-corrected chi connectivity index (χ4v) is 2.54. The second kappa shape index (κ2) is 5.96. The molecule has 0 radical (unpaired) electrons. The lowest BCUT2D eigenvalue weighted by molar-refractivity contribution is 0.204. The molecule has 0 aliphatic carbocycles. The van der Waals surface area contributed by atoms with E-state index in [0.29, 0.717) is 5.82 Å². The van der Waals surface area contributed by atoms with E-state index in [4.69, 9.17) is 0 Å². The molecule has 3 heterocycles. The predicted octanol–water partition coefficient (Wildman–Crippen LogP) is 1.42. The predicted molar refractivity (Wildman–Crippen MR) is 72.5 cm³/mol. The quantitative estimate of drug-likeness (QED) is 0.826. The Hall–Kier alpha value is -2.02. The average Bonchev–Trinajstić information content (AvgIpc) is 2.92. The van der Waals surface area contributed by atoms with Gasteiger partial charge in [-0.2, -0.15) is 9.37 Å². The second-order valence-corrected chi connectivity index (χ2v) is 4.97. The molecule has 0 amide bonds. The first-order valence-corrected chi connectivity index (χ1v) is 6.75. The van der Waals surface area contributed by atoms with E-state index < -0.39 is 6.08 Å². The van der Waals surface area contributed by atoms with Crippen LogP contribution in [-0.2, 0) is 6.54 Å². The molecular formula is C13H17FN6. The number of hydrogen-bond acceptors (Lipinski definition) is 5. The molecule has 1 aliphatic rings. The number of nitrogens with zero attached hydrogens (tertiary/aromatic N) is 4. The van der Waals surface area contributed by atoms with E-state index in [1.807, 2.05) is 6.20 Å². The van der Waals surface area contributed by atoms with E-state index in [-0.39, 0.29) is 6.04 Å². The van der Waals surface area contributed by atoms with Crippen molar-refractivity contribution in [2.45, 2.75) is 25.4 Å². The summed E-state index contributed by atoms with van der Waals surface area (Å²) in [4.78, 5) is 16.9. The third-order valence-electron chi connectivity index (χ3n) is 3.41. The summed E-state index contributed by atoms with van der Waals surface area (Å²) in [5.74, 6) is 1.51. The monoisotopic (exact) mass is 276 g/mol. The summed E-state index contributed by atoms with van der Waals surface area (Å²) in [7, 11) is 0. The molecule has 0 spiro atoms. The summed E-state index contributed by atoms with van der Waals surface area (Å²) in [5, 5.41) is 3.27. The van der Waals surface area contributed by atoms with Crippen LogP contribution in [0.5, 0.6) is 0 Å². The highest BCUT2D eigenvalue weighted by Crippen LogP contribution is 2.15. The Morgan fingerprint density at radius 2 is 2.35 bits per heavy atom. The van der Waals surface area contributed by atoms with E-state index >= 15 is 0 Å². The lowest BCUT2D eigenvalue weighted by Gasteiger charge is -2.32. The van der Waals surface area contributed by atoms with E-state index in [1.54, 1.807) is 12.3 Å². The summed E-state index contributed by atoms with van der Waals surface area (Å²) < 4.78 is 13.0. The molecule has 7 heteroatoms. The maximum Gasteiger partial charge on any atom is 0.310 e. The number of hydrogen-bond donors (Lipinski definition) is 2. The molecule has 0 bridgehead atoms. The number of nitrogens with one attached hydrogen (secondary N) is 2. The van der Waals surface area contributed by atoms with Crippen LogP contribution >= 0.6 is 0 Å². The number of likely N-dealkylation sites (tertiary alicyclic amines) is 1. The number of anilines is 1. The first-order valence-electron chi connectivity index (χ1n) is 6.75. The van der Waals surface area contributed by atoms with Gasteiger partial charge in [-0.15, -0.1) is 0 Å². The van der Waals surface area contributed by atoms with Crippen LogP contribution in [-0.4, -0.2) is 44.0 Å². The number of aromatic amines is 1. The molecule has 20 heavy (non-hydrogen) atoms. The van der Waals surface area contributed by atoms with Crippen LogP contribution in [0.4, 0.5) is 10.2 Å². The molecule has 2 aromatic rings. The molecule has 1 atom stereocenters. The van der Waals surface area contributed by atoms with E-state index in [9.17, 15) is 4.39 Å². The fourth-order valence-electron chi connectivity index (χ4n) is 2.54. The summed E-state index contributed by atoms with van der Waals surface area (Å²) in [6.45, 7) is 2.76. The Balaban J connectivity index is 1.57. The number of H-pyrrole nitrogens is 1. The summed E-state index contributed by atoms with van der Waals surface area (Å²) in [6, 6.07) is 1.96. The van der Waals surface area contributed by atoms with Crippen molar-refractivity contribution in [2.24, 2.45) is 0 Å². The Bertz CT molecular complexity index is 544. The SMILES string of the molecule is Fc1nccc(N[C@H]2CCCN(Cc3ncc[nH]3)C2)n1. The molecule has 6 nitrogen and oxygen atoms in total. The fraction of sp³-hybridized carbons (Fsp3) is 0.462. The first-order chi connectivity index (χ1) is 9.79. The zero-order valence-electron chi connectivity index (χ0n) is 11.1. The van der Waals surface area contributed by atoms with Gasteiger partial charge in [0, 0.05) is 31.2 Å². The Morgan fingerprint density at radius 3 is 3.15 bits per heavy atom. The van der Waals surface area contributed by atoms with Crippen molar-refractivity contribution in [3.8, 4) is 0 Å². The van der Waals surface area contributed by atoms with Gasteiger partial charge >= 0.3 is 6.08 Å². The number of piperidine rings is 1. The van der Waals surface area contributed by atoms with Crippen LogP contribution in [0.25, 0.3) is 0 Å². The summed E-state index contributed by atoms with van der Waals surface area (Å²) in [5.41, 5.74) is 0. The minimum atomic E-state index is -0.696. The van der Waals surface area contributed by atoms with Crippen molar-refractivity contribution in [2.75, 3.05) is 18.4 Å². The van der Waals surface area contributed by atoms with Gasteiger partial charge in [0.05, 0.1) is 6.54 Å². The van der Waals surface area contributed by atoms with Crippen molar-refractivity contribution in [3.63, 3.8) is 0 Å². The van der Waals surface area contributed by atoms with Gasteiger partial charge < -0.3 is 10.3 Å². The van der Waals surface area contributed by atoms with Gasteiger partial charge in [-0.05, 0) is 25.5 Å². The van der Waals surface area contributed by atoms with Gasteiger partial charge in [0.2, 0.25) is 0 Å². The Morgan fingerprint density at radius 1 is 1.40 bits per heavy atom. The highest BCUT2D eigenvalue weighted by molar-refractivity contribution is 5.33. The summed E-state index contributed by atoms with van der Waals surface area (Å²) >= 11 is 0. The number of rotatable bonds is 4. The van der Waals surface area contributed by atoms with Gasteiger partial charge in [0.25, 0.3) is 0 Å². The van der Waals surface area contributed by atoms with Crippen LogP contribution in [0.15, 0.2) is 24.7 Å². The van der Waals surface area contributed by atoms with Gasteiger partial charge in [-0.1, -0.05) is 0 Å².